The minimum atomic E-state index is -0.203. The summed E-state index contributed by atoms with van der Waals surface area (Å²) in [7, 11) is 0. The topological polar surface area (TPSA) is 46.2 Å². The van der Waals surface area contributed by atoms with Crippen LogP contribution in [0.15, 0.2) is 23.1 Å². The zero-order valence-corrected chi connectivity index (χ0v) is 12.1. The first-order valence-corrected chi connectivity index (χ1v) is 6.79. The summed E-state index contributed by atoms with van der Waals surface area (Å²) in [5, 5.41) is 2.42. The van der Waals surface area contributed by atoms with Crippen molar-refractivity contribution in [2.75, 3.05) is 6.54 Å². The minimum Gasteiger partial charge on any atom is -0.348 e. The van der Waals surface area contributed by atoms with Gasteiger partial charge in [-0.3, -0.25) is 9.59 Å². The smallest absolute Gasteiger partial charge is 0.233 e. The van der Waals surface area contributed by atoms with Gasteiger partial charge in [0.15, 0.2) is 0 Å². The molecule has 0 aromatic heterocycles. The number of benzene rings is 1. The second-order valence-corrected chi connectivity index (χ2v) is 5.83. The van der Waals surface area contributed by atoms with Gasteiger partial charge in [-0.2, -0.15) is 0 Å². The normalized spacial score (nSPS) is 12.0. The van der Waals surface area contributed by atoms with Crippen molar-refractivity contribution in [2.45, 2.75) is 37.8 Å². The van der Waals surface area contributed by atoms with Gasteiger partial charge in [0.1, 0.15) is 5.78 Å². The average Bonchev–Trinajstić information content (AvgIpc) is 2.29. The molecule has 0 unspecified atom stereocenters. The molecule has 0 aliphatic heterocycles. The maximum absolute atomic E-state index is 11.7. The molecule has 0 spiro atoms. The lowest BCUT2D eigenvalue weighted by molar-refractivity contribution is -0.123. The highest BCUT2D eigenvalue weighted by molar-refractivity contribution is 8.00. The zero-order valence-electron chi connectivity index (χ0n) is 11.2. The number of ketones is 1. The van der Waals surface area contributed by atoms with E-state index in [2.05, 4.69) is 11.4 Å². The Morgan fingerprint density at radius 3 is 2.56 bits per heavy atom. The predicted molar refractivity (Wildman–Crippen MR) is 74.9 cm³/mol. The molecule has 98 valence electrons. The summed E-state index contributed by atoms with van der Waals surface area (Å²) in [6.45, 7) is 7.50. The summed E-state index contributed by atoms with van der Waals surface area (Å²) in [6, 6.07) is 6.17. The first-order valence-electron chi connectivity index (χ1n) is 5.91. The lowest BCUT2D eigenvalue weighted by Gasteiger charge is -2.13. The van der Waals surface area contributed by atoms with Crippen LogP contribution in [0.3, 0.4) is 0 Å². The number of nitrogens with one attached hydrogen (secondary N) is 1. The van der Waals surface area contributed by atoms with Crippen LogP contribution in [0.1, 0.15) is 25.0 Å². The third-order valence-electron chi connectivity index (χ3n) is 2.51. The van der Waals surface area contributed by atoms with E-state index in [1.807, 2.05) is 32.9 Å². The fraction of sp³-hybridized carbons (Fsp3) is 0.429. The number of thioether (sulfide) groups is 1. The number of Topliss-reactive ketones (excluding diaryl/α,β-unsaturated/α-hetero) is 1. The van der Waals surface area contributed by atoms with E-state index in [1.54, 1.807) is 0 Å². The number of amides is 1. The summed E-state index contributed by atoms with van der Waals surface area (Å²) in [6.07, 6.45) is 0. The standard InChI is InChI=1S/C14H19NO2S/c1-9-5-6-13(10(2)7-9)18-12(4)14(17)15-8-11(3)16/h5-7,12H,8H2,1-4H3,(H,15,17)/t12-/m0/s1. The molecule has 0 radical (unpaired) electrons. The number of carbonyl (C=O) groups excluding carboxylic acids is 2. The van der Waals surface area contributed by atoms with E-state index < -0.39 is 0 Å². The van der Waals surface area contributed by atoms with Gasteiger partial charge in [0, 0.05) is 4.90 Å². The number of aryl methyl sites for hydroxylation is 2. The maximum Gasteiger partial charge on any atom is 0.233 e. The van der Waals surface area contributed by atoms with Crippen molar-refractivity contribution in [1.82, 2.24) is 5.32 Å². The molecule has 1 rings (SSSR count). The van der Waals surface area contributed by atoms with Crippen molar-refractivity contribution in [2.24, 2.45) is 0 Å². The Morgan fingerprint density at radius 2 is 2.00 bits per heavy atom. The molecule has 1 aromatic carbocycles. The van der Waals surface area contributed by atoms with E-state index in [-0.39, 0.29) is 23.5 Å². The highest BCUT2D eigenvalue weighted by Crippen LogP contribution is 2.27. The first kappa shape index (κ1) is 14.8. The molecular formula is C14H19NO2S. The Morgan fingerprint density at radius 1 is 1.33 bits per heavy atom. The van der Waals surface area contributed by atoms with E-state index in [9.17, 15) is 9.59 Å². The average molecular weight is 265 g/mol. The van der Waals surface area contributed by atoms with Crippen LogP contribution in [0.5, 0.6) is 0 Å². The maximum atomic E-state index is 11.7. The highest BCUT2D eigenvalue weighted by Gasteiger charge is 2.15. The Labute approximate surface area is 112 Å². The van der Waals surface area contributed by atoms with Crippen LogP contribution in [0.4, 0.5) is 0 Å². The molecular weight excluding hydrogens is 246 g/mol. The summed E-state index contributed by atoms with van der Waals surface area (Å²) in [5.41, 5.74) is 2.39. The van der Waals surface area contributed by atoms with Crippen molar-refractivity contribution in [1.29, 1.82) is 0 Å². The van der Waals surface area contributed by atoms with Crippen LogP contribution in [0, 0.1) is 13.8 Å². The van der Waals surface area contributed by atoms with E-state index in [0.29, 0.717) is 0 Å². The molecule has 1 N–H and O–H groups in total. The van der Waals surface area contributed by atoms with Crippen LogP contribution in [0.25, 0.3) is 0 Å². The Balaban J connectivity index is 2.60. The molecule has 18 heavy (non-hydrogen) atoms. The van der Waals surface area contributed by atoms with E-state index in [0.717, 1.165) is 4.90 Å². The zero-order chi connectivity index (χ0) is 13.7. The molecule has 1 aromatic rings. The van der Waals surface area contributed by atoms with Crippen molar-refractivity contribution < 1.29 is 9.59 Å². The molecule has 3 nitrogen and oxygen atoms in total. The fourth-order valence-electron chi connectivity index (χ4n) is 1.53. The lowest BCUT2D eigenvalue weighted by Crippen LogP contribution is -2.34. The van der Waals surface area contributed by atoms with Gasteiger partial charge >= 0.3 is 0 Å². The van der Waals surface area contributed by atoms with Crippen molar-refractivity contribution in [3.63, 3.8) is 0 Å². The van der Waals surface area contributed by atoms with Gasteiger partial charge in [-0.1, -0.05) is 17.7 Å². The van der Waals surface area contributed by atoms with Gasteiger partial charge < -0.3 is 5.32 Å². The molecule has 0 saturated heterocycles. The van der Waals surface area contributed by atoms with E-state index in [4.69, 9.17) is 0 Å². The second-order valence-electron chi connectivity index (χ2n) is 4.45. The van der Waals surface area contributed by atoms with Crippen LogP contribution < -0.4 is 5.32 Å². The van der Waals surface area contributed by atoms with Crippen molar-refractivity contribution in [3.8, 4) is 0 Å². The summed E-state index contributed by atoms with van der Waals surface area (Å²) in [4.78, 5) is 23.6. The monoisotopic (exact) mass is 265 g/mol. The number of rotatable bonds is 5. The van der Waals surface area contributed by atoms with Crippen molar-refractivity contribution >= 4 is 23.5 Å². The molecule has 0 fully saturated rings. The third kappa shape index (κ3) is 4.53. The molecule has 4 heteroatoms. The second kappa shape index (κ2) is 6.59. The van der Waals surface area contributed by atoms with Crippen LogP contribution in [-0.2, 0) is 9.59 Å². The molecule has 0 bridgehead atoms. The number of carbonyl (C=O) groups is 2. The van der Waals surface area contributed by atoms with Crippen LogP contribution in [-0.4, -0.2) is 23.5 Å². The molecule has 0 heterocycles. The van der Waals surface area contributed by atoms with Crippen LogP contribution in [0.2, 0.25) is 0 Å². The number of hydrogen-bond donors (Lipinski definition) is 1. The molecule has 0 aliphatic rings. The summed E-state index contributed by atoms with van der Waals surface area (Å²) < 4.78 is 0. The van der Waals surface area contributed by atoms with Gasteiger partial charge in [0.05, 0.1) is 11.8 Å². The Kier molecular flexibility index (Phi) is 5.41. The van der Waals surface area contributed by atoms with Crippen molar-refractivity contribution in [3.05, 3.63) is 29.3 Å². The quantitative estimate of drug-likeness (QED) is 0.832. The third-order valence-corrected chi connectivity index (χ3v) is 3.79. The van der Waals surface area contributed by atoms with Gasteiger partial charge in [0.25, 0.3) is 0 Å². The highest BCUT2D eigenvalue weighted by atomic mass is 32.2. The number of hydrogen-bond acceptors (Lipinski definition) is 3. The fourth-order valence-corrected chi connectivity index (χ4v) is 2.49. The molecule has 1 amide bonds. The van der Waals surface area contributed by atoms with E-state index >= 15 is 0 Å². The van der Waals surface area contributed by atoms with Gasteiger partial charge in [-0.25, -0.2) is 0 Å². The Bertz CT molecular complexity index is 457. The molecule has 0 aliphatic carbocycles. The van der Waals surface area contributed by atoms with Gasteiger partial charge in [-0.05, 0) is 39.3 Å². The van der Waals surface area contributed by atoms with Gasteiger partial charge in [0.2, 0.25) is 5.91 Å². The van der Waals surface area contributed by atoms with Gasteiger partial charge in [-0.15, -0.1) is 11.8 Å². The molecule has 1 atom stereocenters. The van der Waals surface area contributed by atoms with Crippen LogP contribution >= 0.6 is 11.8 Å². The van der Waals surface area contributed by atoms with E-state index in [1.165, 1.54) is 29.8 Å². The molecule has 0 saturated carbocycles. The minimum absolute atomic E-state index is 0.0351. The SMILES string of the molecule is CC(=O)CNC(=O)[C@H](C)Sc1ccc(C)cc1C. The summed E-state index contributed by atoms with van der Waals surface area (Å²) in [5.74, 6) is -0.137. The predicted octanol–water partition coefficient (Wildman–Crippen LogP) is 2.49. The summed E-state index contributed by atoms with van der Waals surface area (Å²) >= 11 is 1.52. The Hall–Kier alpha value is -1.29. The largest absolute Gasteiger partial charge is 0.348 e. The first-order chi connectivity index (χ1) is 8.40. The lowest BCUT2D eigenvalue weighted by atomic mass is 10.2.